The number of aromatic nitrogens is 2. The monoisotopic (exact) mass is 443 g/mol. The second-order valence-corrected chi connectivity index (χ2v) is 9.13. The second-order valence-electron chi connectivity index (χ2n) is 8.69. The molecule has 1 fully saturated rings. The zero-order chi connectivity index (χ0) is 22.3. The van der Waals surface area contributed by atoms with Crippen LogP contribution in [-0.2, 0) is 14.3 Å². The van der Waals surface area contributed by atoms with E-state index in [9.17, 15) is 9.59 Å². The maximum Gasteiger partial charge on any atom is 0.244 e. The predicted octanol–water partition coefficient (Wildman–Crippen LogP) is 2.88. The summed E-state index contributed by atoms with van der Waals surface area (Å²) in [5, 5.41) is 5.39. The lowest BCUT2D eigenvalue weighted by Gasteiger charge is -2.42. The Bertz CT molecular complexity index is 1160. The van der Waals surface area contributed by atoms with E-state index in [-0.39, 0.29) is 25.0 Å². The summed E-state index contributed by atoms with van der Waals surface area (Å²) < 4.78 is 5.90. The van der Waals surface area contributed by atoms with Crippen LogP contribution in [0.15, 0.2) is 30.6 Å². The minimum atomic E-state index is -0.600. The number of fused-ring (bicyclic) bond motifs is 3. The summed E-state index contributed by atoms with van der Waals surface area (Å²) in [7, 11) is 3.41. The summed E-state index contributed by atoms with van der Waals surface area (Å²) in [6.45, 7) is 4.70. The van der Waals surface area contributed by atoms with Gasteiger partial charge in [-0.1, -0.05) is 11.6 Å². The highest BCUT2D eigenvalue weighted by Gasteiger charge is 2.38. The van der Waals surface area contributed by atoms with Gasteiger partial charge in [-0.2, -0.15) is 0 Å². The minimum Gasteiger partial charge on any atom is -0.372 e. The van der Waals surface area contributed by atoms with Crippen LogP contribution in [0.2, 0.25) is 5.02 Å². The molecule has 8 nitrogen and oxygen atoms in total. The highest BCUT2D eigenvalue weighted by Crippen LogP contribution is 2.33. The number of hydrogen-bond donors (Lipinski definition) is 2. The molecule has 1 aliphatic heterocycles. The molecule has 0 spiro atoms. The van der Waals surface area contributed by atoms with Crippen LogP contribution in [0.3, 0.4) is 0 Å². The summed E-state index contributed by atoms with van der Waals surface area (Å²) in [5.41, 5.74) is 1.76. The predicted molar refractivity (Wildman–Crippen MR) is 121 cm³/mol. The smallest absolute Gasteiger partial charge is 0.244 e. The number of nitrogens with one attached hydrogen (secondary N) is 2. The van der Waals surface area contributed by atoms with Gasteiger partial charge in [-0.3, -0.25) is 19.5 Å². The Kier molecular flexibility index (Phi) is 5.63. The first-order valence-electron chi connectivity index (χ1n) is 10.1. The van der Waals surface area contributed by atoms with Crippen LogP contribution >= 0.6 is 11.6 Å². The van der Waals surface area contributed by atoms with Gasteiger partial charge in [0.25, 0.3) is 0 Å². The third-order valence-electron chi connectivity index (χ3n) is 5.53. The van der Waals surface area contributed by atoms with Gasteiger partial charge in [0.2, 0.25) is 11.8 Å². The van der Waals surface area contributed by atoms with Crippen molar-refractivity contribution >= 4 is 50.9 Å². The van der Waals surface area contributed by atoms with Crippen molar-refractivity contribution in [3.05, 3.63) is 35.6 Å². The van der Waals surface area contributed by atoms with E-state index in [1.54, 1.807) is 32.6 Å². The van der Waals surface area contributed by atoms with E-state index >= 15 is 0 Å². The molecule has 2 amide bonds. The number of H-pyrrole nitrogens is 1. The number of benzene rings is 1. The molecule has 4 rings (SSSR count). The molecule has 9 heteroatoms. The number of aromatic amines is 1. The van der Waals surface area contributed by atoms with Crippen LogP contribution < -0.4 is 5.32 Å². The van der Waals surface area contributed by atoms with Crippen LogP contribution in [-0.4, -0.2) is 77.0 Å². The number of morpholine rings is 1. The van der Waals surface area contributed by atoms with Gasteiger partial charge in [0, 0.05) is 42.6 Å². The van der Waals surface area contributed by atoms with Crippen molar-refractivity contribution in [3.8, 4) is 0 Å². The topological polar surface area (TPSA) is 90.6 Å². The third kappa shape index (κ3) is 4.37. The van der Waals surface area contributed by atoms with Gasteiger partial charge in [-0.25, -0.2) is 0 Å². The zero-order valence-electron chi connectivity index (χ0n) is 18.0. The number of anilines is 1. The summed E-state index contributed by atoms with van der Waals surface area (Å²) in [4.78, 5) is 36.5. The highest BCUT2D eigenvalue weighted by molar-refractivity contribution is 6.33. The van der Waals surface area contributed by atoms with Gasteiger partial charge in [0.15, 0.2) is 0 Å². The van der Waals surface area contributed by atoms with Crippen molar-refractivity contribution in [2.24, 2.45) is 0 Å². The van der Waals surface area contributed by atoms with Crippen LogP contribution in [0, 0.1) is 0 Å². The molecule has 3 heterocycles. The SMILES string of the molecule is CN(C)C(=O)CN1CC(C)(C)OC[C@H]1C(=O)Nc1cc(Cl)cc2c1[nH]c1cnccc12. The summed E-state index contributed by atoms with van der Waals surface area (Å²) >= 11 is 6.35. The molecule has 164 valence electrons. The molecule has 1 saturated heterocycles. The molecule has 2 N–H and O–H groups in total. The third-order valence-corrected chi connectivity index (χ3v) is 5.75. The fourth-order valence-corrected chi connectivity index (χ4v) is 4.13. The molecule has 1 aromatic carbocycles. The largest absolute Gasteiger partial charge is 0.372 e. The Balaban J connectivity index is 1.64. The standard InChI is InChI=1S/C22H26ClN5O3/c1-22(2)12-28(10-19(29)27(3)4)18(11-31-22)21(30)26-16-8-13(23)7-15-14-5-6-24-9-17(14)25-20(15)16/h5-9,18,25H,10-12H2,1-4H3,(H,26,30)/t18-/m0/s1. The lowest BCUT2D eigenvalue weighted by atomic mass is 10.0. The maximum atomic E-state index is 13.3. The first-order chi connectivity index (χ1) is 14.6. The van der Waals surface area contributed by atoms with Crippen LogP contribution in [0.5, 0.6) is 0 Å². The molecule has 0 unspecified atom stereocenters. The van der Waals surface area contributed by atoms with Gasteiger partial charge >= 0.3 is 0 Å². The first-order valence-corrected chi connectivity index (χ1v) is 10.5. The fourth-order valence-electron chi connectivity index (χ4n) is 3.91. The van der Waals surface area contributed by atoms with Crippen LogP contribution in [0.1, 0.15) is 13.8 Å². The number of carbonyl (C=O) groups is 2. The second kappa shape index (κ2) is 8.11. The van der Waals surface area contributed by atoms with Crippen LogP contribution in [0.25, 0.3) is 21.8 Å². The average Bonchev–Trinajstić information content (AvgIpc) is 3.06. The molecule has 1 aliphatic rings. The van der Waals surface area contributed by atoms with Crippen LogP contribution in [0.4, 0.5) is 5.69 Å². The Morgan fingerprint density at radius 3 is 2.87 bits per heavy atom. The number of hydrogen-bond acceptors (Lipinski definition) is 5. The number of halogens is 1. The van der Waals surface area contributed by atoms with E-state index in [2.05, 4.69) is 15.3 Å². The summed E-state index contributed by atoms with van der Waals surface area (Å²) in [6.07, 6.45) is 3.45. The Morgan fingerprint density at radius 1 is 1.35 bits per heavy atom. The Hall–Kier alpha value is -2.68. The lowest BCUT2D eigenvalue weighted by Crippen LogP contribution is -2.59. The molecule has 3 aromatic rings. The molecule has 1 atom stereocenters. The summed E-state index contributed by atoms with van der Waals surface area (Å²) in [5.74, 6) is -0.314. The van der Waals surface area contributed by atoms with Crippen molar-refractivity contribution in [2.75, 3.05) is 39.1 Å². The number of amides is 2. The number of carbonyl (C=O) groups excluding carboxylic acids is 2. The van der Waals surface area contributed by atoms with E-state index in [0.717, 1.165) is 21.8 Å². The van der Waals surface area contributed by atoms with Crippen molar-refractivity contribution in [1.82, 2.24) is 19.8 Å². The van der Waals surface area contributed by atoms with Crippen molar-refractivity contribution < 1.29 is 14.3 Å². The lowest BCUT2D eigenvalue weighted by molar-refractivity contribution is -0.149. The fraction of sp³-hybridized carbons (Fsp3) is 0.409. The van der Waals surface area contributed by atoms with Crippen molar-refractivity contribution in [3.63, 3.8) is 0 Å². The quantitative estimate of drug-likeness (QED) is 0.647. The van der Waals surface area contributed by atoms with E-state index in [0.29, 0.717) is 17.3 Å². The number of pyridine rings is 1. The molecule has 0 radical (unpaired) electrons. The van der Waals surface area contributed by atoms with Gasteiger partial charge < -0.3 is 19.9 Å². The van der Waals surface area contributed by atoms with Gasteiger partial charge in [0.1, 0.15) is 6.04 Å². The molecular weight excluding hydrogens is 418 g/mol. The summed E-state index contributed by atoms with van der Waals surface area (Å²) in [6, 6.07) is 4.88. The Morgan fingerprint density at radius 2 is 2.13 bits per heavy atom. The zero-order valence-corrected chi connectivity index (χ0v) is 18.8. The van der Waals surface area contributed by atoms with E-state index in [4.69, 9.17) is 16.3 Å². The van der Waals surface area contributed by atoms with Gasteiger partial charge in [0.05, 0.1) is 41.7 Å². The molecule has 31 heavy (non-hydrogen) atoms. The molecule has 0 bridgehead atoms. The number of likely N-dealkylation sites (N-methyl/N-ethyl adjacent to an activating group) is 1. The van der Waals surface area contributed by atoms with E-state index in [1.807, 2.05) is 30.9 Å². The van der Waals surface area contributed by atoms with Gasteiger partial charge in [-0.05, 0) is 32.0 Å². The van der Waals surface area contributed by atoms with Gasteiger partial charge in [-0.15, -0.1) is 0 Å². The van der Waals surface area contributed by atoms with E-state index < -0.39 is 11.6 Å². The number of nitrogens with zero attached hydrogens (tertiary/aromatic N) is 3. The number of ether oxygens (including phenoxy) is 1. The van der Waals surface area contributed by atoms with Crippen molar-refractivity contribution in [2.45, 2.75) is 25.5 Å². The maximum absolute atomic E-state index is 13.3. The molecular formula is C22H26ClN5O3. The molecule has 0 aliphatic carbocycles. The first kappa shape index (κ1) is 21.5. The molecule has 2 aromatic heterocycles. The average molecular weight is 444 g/mol. The highest BCUT2D eigenvalue weighted by atomic mass is 35.5. The molecule has 0 saturated carbocycles. The number of rotatable bonds is 4. The van der Waals surface area contributed by atoms with E-state index in [1.165, 1.54) is 4.90 Å². The normalized spacial score (nSPS) is 18.9. The Labute approximate surface area is 185 Å². The van der Waals surface area contributed by atoms with Crippen molar-refractivity contribution in [1.29, 1.82) is 0 Å². The minimum absolute atomic E-state index is 0.0660.